The molecule has 166 valence electrons. The highest BCUT2D eigenvalue weighted by molar-refractivity contribution is 5.79. The minimum absolute atomic E-state index is 0.163. The molecular weight excluding hydrogens is 403 g/mol. The molecule has 0 unspecified atom stereocenters. The third-order valence-corrected chi connectivity index (χ3v) is 6.74. The van der Waals surface area contributed by atoms with Crippen molar-refractivity contribution < 1.29 is 9.18 Å². The quantitative estimate of drug-likeness (QED) is 0.582. The molecule has 1 aliphatic heterocycles. The first-order valence-corrected chi connectivity index (χ1v) is 11.5. The fourth-order valence-corrected chi connectivity index (χ4v) is 4.74. The van der Waals surface area contributed by atoms with Gasteiger partial charge in [-0.2, -0.15) is 5.10 Å². The van der Waals surface area contributed by atoms with E-state index in [9.17, 15) is 9.18 Å². The van der Waals surface area contributed by atoms with Crippen LogP contribution < -0.4 is 0 Å². The Kier molecular flexibility index (Phi) is 5.79. The molecule has 32 heavy (non-hydrogen) atoms. The number of carbonyl (C=O) groups is 1. The monoisotopic (exact) mass is 432 g/mol. The van der Waals surface area contributed by atoms with Gasteiger partial charge in [0, 0.05) is 44.6 Å². The van der Waals surface area contributed by atoms with Crippen LogP contribution in [0.4, 0.5) is 4.39 Å². The lowest BCUT2D eigenvalue weighted by atomic mass is 9.84. The summed E-state index contributed by atoms with van der Waals surface area (Å²) in [5, 5.41) is 4.90. The summed E-state index contributed by atoms with van der Waals surface area (Å²) < 4.78 is 15.8. The van der Waals surface area contributed by atoms with Crippen molar-refractivity contribution in [2.24, 2.45) is 5.92 Å². The molecule has 6 heteroatoms. The van der Waals surface area contributed by atoms with E-state index in [0.29, 0.717) is 6.54 Å². The Morgan fingerprint density at radius 3 is 2.69 bits per heavy atom. The van der Waals surface area contributed by atoms with Gasteiger partial charge in [-0.15, -0.1) is 0 Å². The van der Waals surface area contributed by atoms with E-state index < -0.39 is 0 Å². The minimum atomic E-state index is -0.271. The van der Waals surface area contributed by atoms with Crippen LogP contribution in [0.3, 0.4) is 0 Å². The van der Waals surface area contributed by atoms with Gasteiger partial charge in [0.25, 0.3) is 0 Å². The number of aromatic nitrogens is 2. The van der Waals surface area contributed by atoms with Crippen molar-refractivity contribution in [1.29, 1.82) is 0 Å². The summed E-state index contributed by atoms with van der Waals surface area (Å²) >= 11 is 0. The Morgan fingerprint density at radius 1 is 1.16 bits per heavy atom. The fraction of sp³-hybridized carbons (Fsp3) is 0.385. The van der Waals surface area contributed by atoms with Crippen LogP contribution in [0.25, 0.3) is 5.69 Å². The van der Waals surface area contributed by atoms with E-state index in [2.05, 4.69) is 29.2 Å². The molecule has 1 aliphatic carbocycles. The van der Waals surface area contributed by atoms with Gasteiger partial charge in [-0.3, -0.25) is 9.69 Å². The summed E-state index contributed by atoms with van der Waals surface area (Å²) in [5.74, 6) is 0.102. The zero-order valence-corrected chi connectivity index (χ0v) is 18.5. The zero-order valence-electron chi connectivity index (χ0n) is 18.5. The minimum Gasteiger partial charge on any atom is -0.340 e. The van der Waals surface area contributed by atoms with Gasteiger partial charge in [0.2, 0.25) is 5.91 Å². The predicted octanol–water partition coefficient (Wildman–Crippen LogP) is 4.33. The topological polar surface area (TPSA) is 41.4 Å². The highest BCUT2D eigenvalue weighted by Crippen LogP contribution is 2.30. The van der Waals surface area contributed by atoms with Crippen LogP contribution in [0.2, 0.25) is 0 Å². The Morgan fingerprint density at radius 2 is 1.97 bits per heavy atom. The highest BCUT2D eigenvalue weighted by Gasteiger charge is 2.30. The number of halogens is 1. The fourth-order valence-electron chi connectivity index (χ4n) is 4.74. The Hall–Kier alpha value is -2.99. The lowest BCUT2D eigenvalue weighted by Gasteiger charge is -2.30. The van der Waals surface area contributed by atoms with E-state index in [4.69, 9.17) is 5.10 Å². The molecule has 1 saturated carbocycles. The Labute approximate surface area is 188 Å². The van der Waals surface area contributed by atoms with Crippen molar-refractivity contribution >= 4 is 5.91 Å². The average Bonchev–Trinajstić information content (AvgIpc) is 3.11. The van der Waals surface area contributed by atoms with Gasteiger partial charge >= 0.3 is 0 Å². The maximum absolute atomic E-state index is 13.9. The van der Waals surface area contributed by atoms with E-state index >= 15 is 0 Å². The molecule has 2 aliphatic rings. The summed E-state index contributed by atoms with van der Waals surface area (Å²) in [6, 6.07) is 17.1. The molecule has 0 bridgehead atoms. The van der Waals surface area contributed by atoms with E-state index in [1.807, 2.05) is 28.8 Å². The van der Waals surface area contributed by atoms with Crippen molar-refractivity contribution in [2.45, 2.75) is 45.3 Å². The lowest BCUT2D eigenvalue weighted by Crippen LogP contribution is -2.36. The standard InChI is InChI=1S/C26H29FN4O/c1-29(26(32)20-9-5-10-20)18-24-23-17-30(16-19-7-3-2-4-8-19)14-13-25(23)31(28-24)22-12-6-11-21(27)15-22/h2-4,6-8,11-12,15,20H,5,9-10,13-14,16-18H2,1H3. The lowest BCUT2D eigenvalue weighted by molar-refractivity contribution is -0.137. The number of benzene rings is 2. The SMILES string of the molecule is CN(Cc1nn(-c2cccc(F)c2)c2c1CN(Cc1ccccc1)CC2)C(=O)C1CCC1. The first-order chi connectivity index (χ1) is 15.6. The number of rotatable bonds is 6. The summed E-state index contributed by atoms with van der Waals surface area (Å²) in [6.07, 6.45) is 3.96. The van der Waals surface area contributed by atoms with Crippen LogP contribution in [0, 0.1) is 11.7 Å². The van der Waals surface area contributed by atoms with E-state index in [1.165, 1.54) is 23.3 Å². The summed E-state index contributed by atoms with van der Waals surface area (Å²) in [4.78, 5) is 17.0. The van der Waals surface area contributed by atoms with Crippen LogP contribution in [0.1, 0.15) is 41.8 Å². The molecule has 0 radical (unpaired) electrons. The third kappa shape index (κ3) is 4.19. The number of amides is 1. The van der Waals surface area contributed by atoms with E-state index in [1.54, 1.807) is 6.07 Å². The summed E-state index contributed by atoms with van der Waals surface area (Å²) in [7, 11) is 1.87. The maximum atomic E-state index is 13.9. The predicted molar refractivity (Wildman–Crippen MR) is 122 cm³/mol. The Bertz CT molecular complexity index is 1110. The van der Waals surface area contributed by atoms with E-state index in [0.717, 1.165) is 62.4 Å². The molecular formula is C26H29FN4O. The molecule has 0 N–H and O–H groups in total. The second-order valence-corrected chi connectivity index (χ2v) is 9.03. The van der Waals surface area contributed by atoms with Crippen LogP contribution >= 0.6 is 0 Å². The van der Waals surface area contributed by atoms with Crippen LogP contribution in [-0.4, -0.2) is 39.1 Å². The Balaban J connectivity index is 1.44. The van der Waals surface area contributed by atoms with Crippen LogP contribution in [0.5, 0.6) is 0 Å². The molecule has 2 heterocycles. The number of carbonyl (C=O) groups excluding carboxylic acids is 1. The van der Waals surface area contributed by atoms with Crippen molar-refractivity contribution in [2.75, 3.05) is 13.6 Å². The molecule has 1 amide bonds. The average molecular weight is 433 g/mol. The molecule has 5 rings (SSSR count). The van der Waals surface area contributed by atoms with Crippen LogP contribution in [-0.2, 0) is 30.8 Å². The smallest absolute Gasteiger partial charge is 0.225 e. The zero-order chi connectivity index (χ0) is 22.1. The van der Waals surface area contributed by atoms with Gasteiger partial charge in [-0.1, -0.05) is 42.8 Å². The van der Waals surface area contributed by atoms with Gasteiger partial charge < -0.3 is 4.90 Å². The van der Waals surface area contributed by atoms with E-state index in [-0.39, 0.29) is 17.6 Å². The molecule has 0 spiro atoms. The number of hydrogen-bond donors (Lipinski definition) is 0. The second-order valence-electron chi connectivity index (χ2n) is 9.03. The molecule has 1 aromatic heterocycles. The van der Waals surface area contributed by atoms with Gasteiger partial charge in [-0.05, 0) is 36.6 Å². The van der Waals surface area contributed by atoms with Gasteiger partial charge in [0.15, 0.2) is 0 Å². The normalized spacial score (nSPS) is 16.4. The molecule has 1 fully saturated rings. The van der Waals surface area contributed by atoms with Crippen molar-refractivity contribution in [3.05, 3.63) is 82.9 Å². The first-order valence-electron chi connectivity index (χ1n) is 11.5. The summed E-state index contributed by atoms with van der Waals surface area (Å²) in [5.41, 5.74) is 5.23. The molecule has 0 atom stereocenters. The molecule has 5 nitrogen and oxygen atoms in total. The van der Waals surface area contributed by atoms with Crippen molar-refractivity contribution in [3.63, 3.8) is 0 Å². The molecule has 0 saturated heterocycles. The first kappa shape index (κ1) is 20.9. The largest absolute Gasteiger partial charge is 0.340 e. The van der Waals surface area contributed by atoms with Crippen molar-refractivity contribution in [3.8, 4) is 5.69 Å². The summed E-state index contributed by atoms with van der Waals surface area (Å²) in [6.45, 7) is 3.06. The second kappa shape index (κ2) is 8.87. The maximum Gasteiger partial charge on any atom is 0.225 e. The van der Waals surface area contributed by atoms with Gasteiger partial charge in [0.05, 0.1) is 23.6 Å². The van der Waals surface area contributed by atoms with Gasteiger partial charge in [-0.25, -0.2) is 9.07 Å². The third-order valence-electron chi connectivity index (χ3n) is 6.74. The number of nitrogens with zero attached hydrogens (tertiary/aromatic N) is 4. The van der Waals surface area contributed by atoms with Crippen LogP contribution in [0.15, 0.2) is 54.6 Å². The molecule has 3 aromatic rings. The number of fused-ring (bicyclic) bond motifs is 1. The number of hydrogen-bond acceptors (Lipinski definition) is 3. The molecule has 2 aromatic carbocycles. The highest BCUT2D eigenvalue weighted by atomic mass is 19.1. The van der Waals surface area contributed by atoms with Crippen molar-refractivity contribution in [1.82, 2.24) is 19.6 Å². The van der Waals surface area contributed by atoms with Gasteiger partial charge in [0.1, 0.15) is 5.82 Å².